The van der Waals surface area contributed by atoms with E-state index in [4.69, 9.17) is 5.73 Å². The summed E-state index contributed by atoms with van der Waals surface area (Å²) in [5, 5.41) is 0. The highest BCUT2D eigenvalue weighted by atomic mass is 35.5. The third kappa shape index (κ3) is 4.65. The molecule has 0 atom stereocenters. The van der Waals surface area contributed by atoms with Crippen molar-refractivity contribution < 1.29 is 8.42 Å². The Kier molecular flexibility index (Phi) is 6.05. The smallest absolute Gasteiger partial charge is 0.279 e. The van der Waals surface area contributed by atoms with Gasteiger partial charge in [-0.1, -0.05) is 0 Å². The van der Waals surface area contributed by atoms with E-state index in [9.17, 15) is 8.42 Å². The van der Waals surface area contributed by atoms with Crippen LogP contribution in [0.1, 0.15) is 25.7 Å². The summed E-state index contributed by atoms with van der Waals surface area (Å²) in [4.78, 5) is 0. The lowest BCUT2D eigenvalue weighted by molar-refractivity contribution is 0.367. The fourth-order valence-corrected chi connectivity index (χ4v) is 2.42. The van der Waals surface area contributed by atoms with Crippen LogP contribution in [0.3, 0.4) is 0 Å². The SMILES string of the molecule is CN(C)S(=O)(=O)NC1CCC(N)CC1.Cl. The van der Waals surface area contributed by atoms with Crippen LogP contribution < -0.4 is 10.5 Å². The van der Waals surface area contributed by atoms with Gasteiger partial charge >= 0.3 is 0 Å². The summed E-state index contributed by atoms with van der Waals surface area (Å²) in [6.45, 7) is 0. The van der Waals surface area contributed by atoms with Gasteiger partial charge in [0.25, 0.3) is 10.2 Å². The molecule has 92 valence electrons. The molecule has 1 aliphatic carbocycles. The predicted octanol–water partition coefficient (Wildman–Crippen LogP) is 0.0741. The number of halogens is 1. The lowest BCUT2D eigenvalue weighted by Gasteiger charge is -2.27. The zero-order valence-electron chi connectivity index (χ0n) is 9.14. The highest BCUT2D eigenvalue weighted by Crippen LogP contribution is 2.17. The Morgan fingerprint density at radius 1 is 1.20 bits per heavy atom. The van der Waals surface area contributed by atoms with Gasteiger partial charge in [-0.3, -0.25) is 0 Å². The minimum atomic E-state index is -3.27. The lowest BCUT2D eigenvalue weighted by atomic mass is 9.93. The average molecular weight is 258 g/mol. The van der Waals surface area contributed by atoms with Crippen molar-refractivity contribution in [2.75, 3.05) is 14.1 Å². The van der Waals surface area contributed by atoms with Gasteiger partial charge in [0, 0.05) is 26.2 Å². The van der Waals surface area contributed by atoms with Crippen molar-refractivity contribution in [1.29, 1.82) is 0 Å². The Labute approximate surface area is 98.0 Å². The van der Waals surface area contributed by atoms with E-state index in [1.165, 1.54) is 18.4 Å². The molecule has 0 spiro atoms. The number of nitrogens with one attached hydrogen (secondary N) is 1. The van der Waals surface area contributed by atoms with E-state index in [1.54, 1.807) is 0 Å². The molecule has 0 aliphatic heterocycles. The molecule has 3 N–H and O–H groups in total. The second-order valence-electron chi connectivity index (χ2n) is 4.02. The Hall–Kier alpha value is 0.120. The van der Waals surface area contributed by atoms with Gasteiger partial charge in [-0.05, 0) is 25.7 Å². The molecule has 0 aromatic carbocycles. The molecule has 1 aliphatic rings. The molecule has 0 aromatic rings. The first-order chi connectivity index (χ1) is 6.42. The predicted molar refractivity (Wildman–Crippen MR) is 63.2 cm³/mol. The van der Waals surface area contributed by atoms with Crippen LogP contribution in [0.5, 0.6) is 0 Å². The normalized spacial score (nSPS) is 27.5. The van der Waals surface area contributed by atoms with Crippen molar-refractivity contribution >= 4 is 22.6 Å². The molecule has 0 amide bonds. The van der Waals surface area contributed by atoms with E-state index in [1.807, 2.05) is 0 Å². The van der Waals surface area contributed by atoms with Crippen LogP contribution in [0.25, 0.3) is 0 Å². The summed E-state index contributed by atoms with van der Waals surface area (Å²) >= 11 is 0. The van der Waals surface area contributed by atoms with E-state index in [0.717, 1.165) is 25.7 Å². The molecule has 1 fully saturated rings. The Bertz CT molecular complexity index is 274. The van der Waals surface area contributed by atoms with Crippen molar-refractivity contribution in [1.82, 2.24) is 9.03 Å². The van der Waals surface area contributed by atoms with Crippen LogP contribution in [0.4, 0.5) is 0 Å². The molecule has 1 rings (SSSR count). The number of nitrogens with zero attached hydrogens (tertiary/aromatic N) is 1. The summed E-state index contributed by atoms with van der Waals surface area (Å²) in [6, 6.07) is 0.303. The number of hydrogen-bond acceptors (Lipinski definition) is 3. The highest BCUT2D eigenvalue weighted by Gasteiger charge is 2.23. The van der Waals surface area contributed by atoms with Crippen LogP contribution in [0.2, 0.25) is 0 Å². The van der Waals surface area contributed by atoms with Gasteiger partial charge in [0.15, 0.2) is 0 Å². The van der Waals surface area contributed by atoms with Gasteiger partial charge in [-0.2, -0.15) is 17.4 Å². The monoisotopic (exact) mass is 257 g/mol. The topological polar surface area (TPSA) is 75.4 Å². The van der Waals surface area contributed by atoms with Crippen LogP contribution in [0, 0.1) is 0 Å². The molecular formula is C8H20ClN3O2S. The first-order valence-electron chi connectivity index (χ1n) is 4.87. The van der Waals surface area contributed by atoms with Gasteiger partial charge in [-0.25, -0.2) is 0 Å². The summed E-state index contributed by atoms with van der Waals surface area (Å²) < 4.78 is 26.8. The summed E-state index contributed by atoms with van der Waals surface area (Å²) in [5.41, 5.74) is 5.73. The molecule has 0 heterocycles. The van der Waals surface area contributed by atoms with Gasteiger partial charge in [0.05, 0.1) is 0 Å². The lowest BCUT2D eigenvalue weighted by Crippen LogP contribution is -2.45. The van der Waals surface area contributed by atoms with Crippen molar-refractivity contribution in [2.24, 2.45) is 5.73 Å². The van der Waals surface area contributed by atoms with Gasteiger partial charge in [0.1, 0.15) is 0 Å². The number of rotatable bonds is 3. The highest BCUT2D eigenvalue weighted by molar-refractivity contribution is 7.87. The van der Waals surface area contributed by atoms with Crippen LogP contribution >= 0.6 is 12.4 Å². The van der Waals surface area contributed by atoms with E-state index < -0.39 is 10.2 Å². The van der Waals surface area contributed by atoms with E-state index >= 15 is 0 Å². The third-order valence-corrected chi connectivity index (χ3v) is 4.16. The Balaban J connectivity index is 0.00000196. The van der Waals surface area contributed by atoms with Crippen molar-refractivity contribution in [3.63, 3.8) is 0 Å². The van der Waals surface area contributed by atoms with Crippen molar-refractivity contribution in [3.05, 3.63) is 0 Å². The minimum Gasteiger partial charge on any atom is -0.328 e. The molecular weight excluding hydrogens is 238 g/mol. The average Bonchev–Trinajstić information content (AvgIpc) is 2.08. The third-order valence-electron chi connectivity index (χ3n) is 2.57. The molecule has 0 unspecified atom stereocenters. The zero-order valence-corrected chi connectivity index (χ0v) is 10.8. The van der Waals surface area contributed by atoms with Gasteiger partial charge in [0.2, 0.25) is 0 Å². The van der Waals surface area contributed by atoms with Crippen LogP contribution in [-0.4, -0.2) is 38.9 Å². The van der Waals surface area contributed by atoms with Gasteiger partial charge in [-0.15, -0.1) is 12.4 Å². The Morgan fingerprint density at radius 3 is 2.07 bits per heavy atom. The molecule has 7 heteroatoms. The van der Waals surface area contributed by atoms with E-state index in [-0.39, 0.29) is 24.5 Å². The molecule has 15 heavy (non-hydrogen) atoms. The summed E-state index contributed by atoms with van der Waals surface area (Å²) in [5.74, 6) is 0. The zero-order chi connectivity index (χ0) is 10.8. The summed E-state index contributed by atoms with van der Waals surface area (Å²) in [6.07, 6.45) is 3.49. The maximum atomic E-state index is 11.5. The Morgan fingerprint density at radius 2 is 1.67 bits per heavy atom. The summed E-state index contributed by atoms with van der Waals surface area (Å²) in [7, 11) is -0.223. The largest absolute Gasteiger partial charge is 0.328 e. The maximum absolute atomic E-state index is 11.5. The molecule has 1 saturated carbocycles. The number of hydrogen-bond donors (Lipinski definition) is 2. The van der Waals surface area contributed by atoms with Crippen molar-refractivity contribution in [2.45, 2.75) is 37.8 Å². The first kappa shape index (κ1) is 15.1. The molecule has 0 radical (unpaired) electrons. The molecule has 0 aromatic heterocycles. The second kappa shape index (κ2) is 6.00. The van der Waals surface area contributed by atoms with Gasteiger partial charge < -0.3 is 5.73 Å². The second-order valence-corrected chi connectivity index (χ2v) is 5.93. The maximum Gasteiger partial charge on any atom is 0.279 e. The van der Waals surface area contributed by atoms with Crippen LogP contribution in [0.15, 0.2) is 0 Å². The minimum absolute atomic E-state index is 0. The van der Waals surface area contributed by atoms with E-state index in [0.29, 0.717) is 0 Å². The fraction of sp³-hybridized carbons (Fsp3) is 1.00. The van der Waals surface area contributed by atoms with Crippen LogP contribution in [-0.2, 0) is 10.2 Å². The molecule has 5 nitrogen and oxygen atoms in total. The standard InChI is InChI=1S/C8H19N3O2S.ClH/c1-11(2)14(12,13)10-8-5-3-7(9)4-6-8;/h7-8,10H,3-6,9H2,1-2H3;1H. The fourth-order valence-electron chi connectivity index (χ4n) is 1.55. The van der Waals surface area contributed by atoms with E-state index in [2.05, 4.69) is 4.72 Å². The van der Waals surface area contributed by atoms with Crippen molar-refractivity contribution in [3.8, 4) is 0 Å². The first-order valence-corrected chi connectivity index (χ1v) is 6.31. The molecule has 0 saturated heterocycles. The number of nitrogens with two attached hydrogens (primary N) is 1. The quantitative estimate of drug-likeness (QED) is 0.752. The molecule has 0 bridgehead atoms.